The van der Waals surface area contributed by atoms with Crippen molar-refractivity contribution >= 4 is 22.8 Å². The summed E-state index contributed by atoms with van der Waals surface area (Å²) in [5.74, 6) is 0.967. The second-order valence-corrected chi connectivity index (χ2v) is 8.26. The largest absolute Gasteiger partial charge is 0.382 e. The Balaban J connectivity index is 1.62. The van der Waals surface area contributed by atoms with Crippen LogP contribution in [0.15, 0.2) is 30.6 Å². The van der Waals surface area contributed by atoms with Gasteiger partial charge in [0.25, 0.3) is 0 Å². The van der Waals surface area contributed by atoms with E-state index in [9.17, 15) is 0 Å². The van der Waals surface area contributed by atoms with E-state index in [-0.39, 0.29) is 0 Å². The molecule has 0 atom stereocenters. The summed E-state index contributed by atoms with van der Waals surface area (Å²) >= 11 is 0. The summed E-state index contributed by atoms with van der Waals surface area (Å²) in [7, 11) is 0. The van der Waals surface area contributed by atoms with Gasteiger partial charge < -0.3 is 16.8 Å². The van der Waals surface area contributed by atoms with Crippen LogP contribution in [0.25, 0.3) is 5.65 Å². The predicted octanol–water partition coefficient (Wildman–Crippen LogP) is 3.92. The minimum Gasteiger partial charge on any atom is -0.382 e. The van der Waals surface area contributed by atoms with Gasteiger partial charge in [-0.05, 0) is 74.5 Å². The molecule has 0 saturated heterocycles. The van der Waals surface area contributed by atoms with E-state index >= 15 is 0 Å². The van der Waals surface area contributed by atoms with Crippen molar-refractivity contribution in [2.75, 3.05) is 11.1 Å². The zero-order chi connectivity index (χ0) is 19.1. The van der Waals surface area contributed by atoms with E-state index in [1.54, 1.807) is 10.7 Å². The van der Waals surface area contributed by atoms with Crippen molar-refractivity contribution in [1.29, 1.82) is 0 Å². The number of hydrogen-bond donors (Lipinski definition) is 3. The topological polar surface area (TPSA) is 94.3 Å². The highest BCUT2D eigenvalue weighted by Gasteiger charge is 2.27. The number of aryl methyl sites for hydroxylation is 1. The van der Waals surface area contributed by atoms with Crippen LogP contribution in [0.3, 0.4) is 0 Å². The molecule has 5 N–H and O–H groups in total. The Kier molecular flexibility index (Phi) is 4.43. The van der Waals surface area contributed by atoms with Gasteiger partial charge in [0.15, 0.2) is 5.65 Å². The molecule has 1 fully saturated rings. The van der Waals surface area contributed by atoms with Crippen molar-refractivity contribution in [2.45, 2.75) is 63.3 Å². The monoisotopic (exact) mass is 376 g/mol. The summed E-state index contributed by atoms with van der Waals surface area (Å²) in [5, 5.41) is 8.32. The van der Waals surface area contributed by atoms with Crippen LogP contribution in [0.4, 0.5) is 17.2 Å². The first-order valence-corrected chi connectivity index (χ1v) is 10.5. The van der Waals surface area contributed by atoms with Gasteiger partial charge in [0.2, 0.25) is 0 Å². The van der Waals surface area contributed by atoms with Crippen molar-refractivity contribution in [3.63, 3.8) is 0 Å². The maximum Gasteiger partial charge on any atom is 0.177 e. The predicted molar refractivity (Wildman–Crippen MR) is 113 cm³/mol. The number of nitrogens with zero attached hydrogens (tertiary/aromatic N) is 3. The summed E-state index contributed by atoms with van der Waals surface area (Å²) in [4.78, 5) is 4.60. The molecule has 2 aliphatic rings. The molecule has 6 heteroatoms. The summed E-state index contributed by atoms with van der Waals surface area (Å²) in [6, 6.07) is 6.90. The third-order valence-electron chi connectivity index (χ3n) is 6.44. The first-order valence-electron chi connectivity index (χ1n) is 10.5. The molecule has 3 aromatic rings. The molecule has 0 aliphatic heterocycles. The molecule has 0 amide bonds. The normalized spacial score (nSPS) is 22.2. The second kappa shape index (κ2) is 7.09. The fourth-order valence-corrected chi connectivity index (χ4v) is 4.95. The molecule has 0 radical (unpaired) electrons. The smallest absolute Gasteiger partial charge is 0.177 e. The van der Waals surface area contributed by atoms with Crippen LogP contribution in [-0.2, 0) is 12.8 Å². The van der Waals surface area contributed by atoms with Crippen molar-refractivity contribution in [3.8, 4) is 0 Å². The first kappa shape index (κ1) is 17.5. The summed E-state index contributed by atoms with van der Waals surface area (Å²) in [6.07, 6.45) is 12.6. The minimum atomic E-state index is 0.304. The number of aromatic nitrogens is 3. The number of imidazole rings is 1. The van der Waals surface area contributed by atoms with Crippen LogP contribution in [0.5, 0.6) is 0 Å². The fraction of sp³-hybridized carbons (Fsp3) is 0.455. The van der Waals surface area contributed by atoms with Crippen molar-refractivity contribution in [2.24, 2.45) is 5.73 Å². The van der Waals surface area contributed by atoms with Crippen molar-refractivity contribution in [3.05, 3.63) is 47.3 Å². The molecule has 1 aromatic carbocycles. The third kappa shape index (κ3) is 3.02. The van der Waals surface area contributed by atoms with E-state index in [0.717, 1.165) is 55.4 Å². The number of nitrogen functional groups attached to an aromatic ring is 1. The van der Waals surface area contributed by atoms with Crippen molar-refractivity contribution < 1.29 is 0 Å². The lowest BCUT2D eigenvalue weighted by Gasteiger charge is -2.29. The summed E-state index contributed by atoms with van der Waals surface area (Å²) in [6.45, 7) is 0. The van der Waals surface area contributed by atoms with E-state index in [0.29, 0.717) is 17.8 Å². The Morgan fingerprint density at radius 1 is 1.07 bits per heavy atom. The molecule has 146 valence electrons. The van der Waals surface area contributed by atoms with E-state index in [1.807, 2.05) is 6.20 Å². The number of benzene rings is 1. The van der Waals surface area contributed by atoms with Gasteiger partial charge >= 0.3 is 0 Å². The second-order valence-electron chi connectivity index (χ2n) is 8.26. The Morgan fingerprint density at radius 2 is 1.89 bits per heavy atom. The zero-order valence-electron chi connectivity index (χ0n) is 16.2. The number of nitrogens with two attached hydrogens (primary N) is 2. The zero-order valence-corrected chi connectivity index (χ0v) is 16.2. The Hall–Kier alpha value is -2.60. The van der Waals surface area contributed by atoms with Gasteiger partial charge in [-0.25, -0.2) is 9.50 Å². The van der Waals surface area contributed by atoms with Crippen LogP contribution in [-0.4, -0.2) is 20.6 Å². The molecular formula is C22H28N6. The van der Waals surface area contributed by atoms with Crippen molar-refractivity contribution in [1.82, 2.24) is 14.6 Å². The van der Waals surface area contributed by atoms with Crippen LogP contribution >= 0.6 is 0 Å². The number of fused-ring (bicyclic) bond motifs is 2. The van der Waals surface area contributed by atoms with Gasteiger partial charge in [-0.15, -0.1) is 5.10 Å². The average Bonchev–Trinajstić information content (AvgIpc) is 3.18. The summed E-state index contributed by atoms with van der Waals surface area (Å²) < 4.78 is 1.78. The number of rotatable bonds is 3. The number of nitrogens with one attached hydrogen (secondary N) is 1. The van der Waals surface area contributed by atoms with Crippen LogP contribution in [0.1, 0.15) is 61.1 Å². The van der Waals surface area contributed by atoms with Crippen LogP contribution < -0.4 is 16.8 Å². The molecule has 2 aliphatic carbocycles. The Labute approximate surface area is 165 Å². The quantitative estimate of drug-likeness (QED) is 0.644. The molecule has 0 unspecified atom stereocenters. The third-order valence-corrected chi connectivity index (χ3v) is 6.44. The molecule has 1 saturated carbocycles. The van der Waals surface area contributed by atoms with Gasteiger partial charge in [-0.1, -0.05) is 12.1 Å². The van der Waals surface area contributed by atoms with Gasteiger partial charge in [0.1, 0.15) is 5.82 Å². The van der Waals surface area contributed by atoms with Gasteiger partial charge in [-0.2, -0.15) is 0 Å². The van der Waals surface area contributed by atoms with Crippen LogP contribution in [0.2, 0.25) is 0 Å². The number of anilines is 3. The molecule has 5 rings (SSSR count). The lowest BCUT2D eigenvalue weighted by atomic mass is 9.81. The highest BCUT2D eigenvalue weighted by atomic mass is 15.3. The minimum absolute atomic E-state index is 0.304. The molecule has 2 aromatic heterocycles. The van der Waals surface area contributed by atoms with Gasteiger partial charge in [-0.3, -0.25) is 0 Å². The molecule has 28 heavy (non-hydrogen) atoms. The Bertz CT molecular complexity index is 1000. The molecule has 0 bridgehead atoms. The number of hydrogen-bond acceptors (Lipinski definition) is 5. The lowest BCUT2D eigenvalue weighted by Crippen LogP contribution is -2.26. The average molecular weight is 377 g/mol. The standard InChI is InChI=1S/C22H28N6/c23-16-10-8-15(9-11-16)19-20(22-25-12-13-28(22)27-21(19)24)26-18-7-3-5-14-4-1-2-6-17(14)18/h3,5,7,12-13,15-16,26H,1-2,4,6,8-11,23H2,(H2,24,27). The molecule has 2 heterocycles. The van der Waals surface area contributed by atoms with E-state index < -0.39 is 0 Å². The summed E-state index contributed by atoms with van der Waals surface area (Å²) in [5.41, 5.74) is 19.7. The van der Waals surface area contributed by atoms with Gasteiger partial charge in [0.05, 0.1) is 5.69 Å². The molecule has 0 spiro atoms. The highest BCUT2D eigenvalue weighted by Crippen LogP contribution is 2.42. The lowest BCUT2D eigenvalue weighted by molar-refractivity contribution is 0.396. The van der Waals surface area contributed by atoms with E-state index in [1.165, 1.54) is 29.7 Å². The maximum atomic E-state index is 6.47. The highest BCUT2D eigenvalue weighted by molar-refractivity contribution is 5.82. The fourth-order valence-electron chi connectivity index (χ4n) is 4.95. The first-order chi connectivity index (χ1) is 13.7. The molecular weight excluding hydrogens is 348 g/mol. The Morgan fingerprint density at radius 3 is 2.75 bits per heavy atom. The van der Waals surface area contributed by atoms with Gasteiger partial charge in [0, 0.05) is 29.7 Å². The maximum absolute atomic E-state index is 6.47. The SMILES string of the molecule is Nc1nn2ccnc2c(Nc2cccc3c2CCCC3)c1C1CCC(N)CC1. The van der Waals surface area contributed by atoms with E-state index in [4.69, 9.17) is 11.5 Å². The molecule has 6 nitrogen and oxygen atoms in total. The van der Waals surface area contributed by atoms with E-state index in [2.05, 4.69) is 33.6 Å². The van der Waals surface area contributed by atoms with Crippen LogP contribution in [0, 0.1) is 0 Å².